The van der Waals surface area contributed by atoms with Crippen molar-refractivity contribution in [2.45, 2.75) is 33.2 Å². The second-order valence-electron chi connectivity index (χ2n) is 2.94. The third-order valence-electron chi connectivity index (χ3n) is 1.91. The maximum atomic E-state index is 4.40. The highest BCUT2D eigenvalue weighted by Crippen LogP contribution is 2.08. The Kier molecular flexibility index (Phi) is 2.30. The molecular weight excluding hydrogens is 124 g/mol. The van der Waals surface area contributed by atoms with Gasteiger partial charge in [-0.25, -0.2) is 0 Å². The summed E-state index contributed by atoms with van der Waals surface area (Å²) in [6.45, 7) is 8.73. The van der Waals surface area contributed by atoms with Crippen molar-refractivity contribution in [3.63, 3.8) is 0 Å². The minimum absolute atomic E-state index is 0.626. The van der Waals surface area contributed by atoms with Gasteiger partial charge in [0.05, 0.1) is 12.4 Å². The third kappa shape index (κ3) is 1.31. The molecule has 0 fully saturated rings. The van der Waals surface area contributed by atoms with Gasteiger partial charge in [0.15, 0.2) is 0 Å². The number of nitrogens with zero attached hydrogens (tertiary/aromatic N) is 2. The molecule has 1 aliphatic rings. The molecule has 0 amide bonds. The Morgan fingerprint density at radius 1 is 1.60 bits per heavy atom. The highest BCUT2D eigenvalue weighted by atomic mass is 15.2. The minimum atomic E-state index is 0.626. The van der Waals surface area contributed by atoms with E-state index in [-0.39, 0.29) is 0 Å². The summed E-state index contributed by atoms with van der Waals surface area (Å²) in [4.78, 5) is 6.77. The first-order valence-electron chi connectivity index (χ1n) is 4.05. The fourth-order valence-corrected chi connectivity index (χ4v) is 1.38. The van der Waals surface area contributed by atoms with Gasteiger partial charge in [-0.15, -0.1) is 0 Å². The van der Waals surface area contributed by atoms with E-state index in [1.807, 2.05) is 0 Å². The number of hydrogen-bond donors (Lipinski definition) is 0. The molecule has 10 heavy (non-hydrogen) atoms. The third-order valence-corrected chi connectivity index (χ3v) is 1.91. The van der Waals surface area contributed by atoms with Gasteiger partial charge in [0, 0.05) is 19.0 Å². The second kappa shape index (κ2) is 3.04. The molecule has 1 aliphatic heterocycles. The second-order valence-corrected chi connectivity index (χ2v) is 2.94. The van der Waals surface area contributed by atoms with Gasteiger partial charge in [0.1, 0.15) is 0 Å². The zero-order valence-electron chi connectivity index (χ0n) is 7.09. The van der Waals surface area contributed by atoms with Crippen LogP contribution in [0, 0.1) is 0 Å². The van der Waals surface area contributed by atoms with Gasteiger partial charge in [-0.1, -0.05) is 6.92 Å². The lowest BCUT2D eigenvalue weighted by Gasteiger charge is -2.23. The predicted molar refractivity (Wildman–Crippen MR) is 44.4 cm³/mol. The smallest absolute Gasteiger partial charge is 0.0989 e. The molecule has 0 spiro atoms. The summed E-state index contributed by atoms with van der Waals surface area (Å²) in [6.07, 6.45) is 1.08. The Bertz CT molecular complexity index is 138. The van der Waals surface area contributed by atoms with E-state index in [1.54, 1.807) is 0 Å². The van der Waals surface area contributed by atoms with Crippen LogP contribution in [0.4, 0.5) is 0 Å². The number of aliphatic imine (C=N–C) groups is 1. The van der Waals surface area contributed by atoms with Gasteiger partial charge in [-0.3, -0.25) is 4.99 Å². The molecule has 0 aromatic heterocycles. The van der Waals surface area contributed by atoms with Crippen molar-refractivity contribution in [2.24, 2.45) is 4.99 Å². The van der Waals surface area contributed by atoms with Crippen LogP contribution in [0.15, 0.2) is 4.99 Å². The summed E-state index contributed by atoms with van der Waals surface area (Å²) < 4.78 is 0. The van der Waals surface area contributed by atoms with Crippen LogP contribution in [0.2, 0.25) is 0 Å². The molecule has 1 heterocycles. The van der Waals surface area contributed by atoms with Gasteiger partial charge >= 0.3 is 0 Å². The van der Waals surface area contributed by atoms with Crippen LogP contribution in [0.5, 0.6) is 0 Å². The molecule has 0 saturated carbocycles. The minimum Gasteiger partial charge on any atom is -0.356 e. The van der Waals surface area contributed by atoms with Gasteiger partial charge in [-0.05, 0) is 13.8 Å². The molecule has 0 radical (unpaired) electrons. The van der Waals surface area contributed by atoms with Crippen LogP contribution in [-0.4, -0.2) is 29.9 Å². The molecule has 0 unspecified atom stereocenters. The first-order chi connectivity index (χ1) is 4.75. The average molecular weight is 140 g/mol. The van der Waals surface area contributed by atoms with Gasteiger partial charge < -0.3 is 4.90 Å². The summed E-state index contributed by atoms with van der Waals surface area (Å²) in [5, 5.41) is 0. The Morgan fingerprint density at radius 2 is 2.30 bits per heavy atom. The SMILES string of the molecule is CCC1=NCCN1C(C)C. The van der Waals surface area contributed by atoms with Crippen molar-refractivity contribution < 1.29 is 0 Å². The van der Waals surface area contributed by atoms with Crippen LogP contribution >= 0.6 is 0 Å². The fraction of sp³-hybridized carbons (Fsp3) is 0.875. The van der Waals surface area contributed by atoms with Crippen molar-refractivity contribution in [3.8, 4) is 0 Å². The lowest BCUT2D eigenvalue weighted by molar-refractivity contribution is 0.375. The molecular formula is C8H16N2. The Hall–Kier alpha value is -0.530. The molecule has 0 aromatic rings. The Morgan fingerprint density at radius 3 is 2.70 bits per heavy atom. The molecule has 0 bridgehead atoms. The van der Waals surface area contributed by atoms with E-state index in [0.29, 0.717) is 6.04 Å². The van der Waals surface area contributed by atoms with E-state index in [0.717, 1.165) is 19.5 Å². The molecule has 2 heteroatoms. The molecule has 0 atom stereocenters. The zero-order chi connectivity index (χ0) is 7.56. The quantitative estimate of drug-likeness (QED) is 0.568. The van der Waals surface area contributed by atoms with Gasteiger partial charge in [0.25, 0.3) is 0 Å². The van der Waals surface area contributed by atoms with Crippen molar-refractivity contribution in [2.75, 3.05) is 13.1 Å². The van der Waals surface area contributed by atoms with Crippen molar-refractivity contribution >= 4 is 5.84 Å². The number of rotatable bonds is 2. The van der Waals surface area contributed by atoms with Crippen molar-refractivity contribution in [1.82, 2.24) is 4.90 Å². The molecule has 0 aliphatic carbocycles. The average Bonchev–Trinajstić information content (AvgIpc) is 2.33. The first kappa shape index (κ1) is 7.58. The fourth-order valence-electron chi connectivity index (χ4n) is 1.38. The maximum absolute atomic E-state index is 4.40. The Balaban J connectivity index is 2.54. The van der Waals surface area contributed by atoms with Crippen LogP contribution < -0.4 is 0 Å². The molecule has 0 saturated heterocycles. The number of hydrogen-bond acceptors (Lipinski definition) is 2. The summed E-state index contributed by atoms with van der Waals surface area (Å²) >= 11 is 0. The first-order valence-corrected chi connectivity index (χ1v) is 4.05. The highest BCUT2D eigenvalue weighted by Gasteiger charge is 2.16. The molecule has 0 aromatic carbocycles. The lowest BCUT2D eigenvalue weighted by atomic mass is 10.3. The van der Waals surface area contributed by atoms with E-state index < -0.39 is 0 Å². The topological polar surface area (TPSA) is 15.6 Å². The van der Waals surface area contributed by atoms with E-state index in [1.165, 1.54) is 5.84 Å². The van der Waals surface area contributed by atoms with E-state index in [2.05, 4.69) is 30.7 Å². The molecule has 2 nitrogen and oxygen atoms in total. The van der Waals surface area contributed by atoms with E-state index >= 15 is 0 Å². The Labute approximate surface area is 62.9 Å². The van der Waals surface area contributed by atoms with Crippen LogP contribution in [0.3, 0.4) is 0 Å². The van der Waals surface area contributed by atoms with Crippen molar-refractivity contribution in [1.29, 1.82) is 0 Å². The molecule has 1 rings (SSSR count). The zero-order valence-corrected chi connectivity index (χ0v) is 7.09. The standard InChI is InChI=1S/C8H16N2/c1-4-8-9-5-6-10(8)7(2)3/h7H,4-6H2,1-3H3. The summed E-state index contributed by atoms with van der Waals surface area (Å²) in [6, 6.07) is 0.626. The highest BCUT2D eigenvalue weighted by molar-refractivity contribution is 5.83. The van der Waals surface area contributed by atoms with E-state index in [9.17, 15) is 0 Å². The predicted octanol–water partition coefficient (Wildman–Crippen LogP) is 1.52. The monoisotopic (exact) mass is 140 g/mol. The summed E-state index contributed by atoms with van der Waals surface area (Å²) in [5.41, 5.74) is 0. The molecule has 0 N–H and O–H groups in total. The van der Waals surface area contributed by atoms with Crippen LogP contribution in [-0.2, 0) is 0 Å². The van der Waals surface area contributed by atoms with Crippen molar-refractivity contribution in [3.05, 3.63) is 0 Å². The van der Waals surface area contributed by atoms with Gasteiger partial charge in [0.2, 0.25) is 0 Å². The van der Waals surface area contributed by atoms with Gasteiger partial charge in [-0.2, -0.15) is 0 Å². The summed E-state index contributed by atoms with van der Waals surface area (Å²) in [7, 11) is 0. The number of amidine groups is 1. The largest absolute Gasteiger partial charge is 0.356 e. The van der Waals surface area contributed by atoms with Crippen LogP contribution in [0.1, 0.15) is 27.2 Å². The van der Waals surface area contributed by atoms with Crippen LogP contribution in [0.25, 0.3) is 0 Å². The maximum Gasteiger partial charge on any atom is 0.0989 e. The normalized spacial score (nSPS) is 18.4. The lowest BCUT2D eigenvalue weighted by Crippen LogP contribution is -2.33. The summed E-state index contributed by atoms with van der Waals surface area (Å²) in [5.74, 6) is 1.29. The van der Waals surface area contributed by atoms with E-state index in [4.69, 9.17) is 0 Å². The molecule has 58 valence electrons.